The van der Waals surface area contributed by atoms with Crippen molar-refractivity contribution in [3.8, 4) is 0 Å². The zero-order valence-corrected chi connectivity index (χ0v) is 9.57. The number of carbonyl (C=O) groups is 2. The summed E-state index contributed by atoms with van der Waals surface area (Å²) in [5, 5.41) is 2.70. The molecular weight excluding hydrogens is 208 g/mol. The molecule has 1 aliphatic heterocycles. The maximum Gasteiger partial charge on any atom is 0.310 e. The molecule has 0 aromatic carbocycles. The molecule has 0 bridgehead atoms. The van der Waals surface area contributed by atoms with Crippen molar-refractivity contribution in [2.45, 2.75) is 6.42 Å². The molecule has 1 heterocycles. The van der Waals surface area contributed by atoms with Gasteiger partial charge >= 0.3 is 5.97 Å². The molecule has 1 fully saturated rings. The van der Waals surface area contributed by atoms with Gasteiger partial charge in [-0.25, -0.2) is 0 Å². The molecule has 5 heteroatoms. The summed E-state index contributed by atoms with van der Waals surface area (Å²) in [6, 6.07) is 0. The number of nitrogens with zero attached hydrogens (tertiary/aromatic N) is 1. The summed E-state index contributed by atoms with van der Waals surface area (Å²) >= 11 is 0. The number of hydrogen-bond donors (Lipinski definition) is 1. The first-order valence-electron chi connectivity index (χ1n) is 5.35. The summed E-state index contributed by atoms with van der Waals surface area (Å²) < 4.78 is 4.67. The number of nitrogens with one attached hydrogen (secondary N) is 1. The van der Waals surface area contributed by atoms with Gasteiger partial charge < -0.3 is 10.1 Å². The molecule has 90 valence electrons. The predicted octanol–water partition coefficient (Wildman–Crippen LogP) is -0.216. The smallest absolute Gasteiger partial charge is 0.310 e. The topological polar surface area (TPSA) is 58.6 Å². The van der Waals surface area contributed by atoms with Gasteiger partial charge in [-0.05, 0) is 13.0 Å². The highest BCUT2D eigenvalue weighted by molar-refractivity contribution is 5.78. The standard InChI is InChI=1S/C11H18N2O3/c1-3-5-12-10(14)8-13-6-4-9(7-13)11(15)16-2/h3,9H,1,4-8H2,2H3,(H,12,14). The van der Waals surface area contributed by atoms with Gasteiger partial charge in [-0.2, -0.15) is 0 Å². The third-order valence-electron chi connectivity index (χ3n) is 2.62. The summed E-state index contributed by atoms with van der Waals surface area (Å²) in [7, 11) is 1.39. The Balaban J connectivity index is 2.28. The molecule has 16 heavy (non-hydrogen) atoms. The monoisotopic (exact) mass is 226 g/mol. The van der Waals surface area contributed by atoms with Gasteiger partial charge in [-0.15, -0.1) is 6.58 Å². The highest BCUT2D eigenvalue weighted by Gasteiger charge is 2.29. The van der Waals surface area contributed by atoms with E-state index >= 15 is 0 Å². The maximum atomic E-state index is 11.4. The van der Waals surface area contributed by atoms with Gasteiger partial charge in [0.25, 0.3) is 0 Å². The van der Waals surface area contributed by atoms with Crippen LogP contribution in [0.4, 0.5) is 0 Å². The number of likely N-dealkylation sites (tertiary alicyclic amines) is 1. The second kappa shape index (κ2) is 6.27. The van der Waals surface area contributed by atoms with E-state index < -0.39 is 0 Å². The third-order valence-corrected chi connectivity index (χ3v) is 2.62. The van der Waals surface area contributed by atoms with Crippen LogP contribution < -0.4 is 5.32 Å². The van der Waals surface area contributed by atoms with Gasteiger partial charge in [-0.1, -0.05) is 6.08 Å². The molecule has 0 aliphatic carbocycles. The summed E-state index contributed by atoms with van der Waals surface area (Å²) in [6.45, 7) is 5.71. The molecule has 1 amide bonds. The van der Waals surface area contributed by atoms with Gasteiger partial charge in [-0.3, -0.25) is 14.5 Å². The van der Waals surface area contributed by atoms with E-state index in [0.717, 1.165) is 13.0 Å². The Hall–Kier alpha value is -1.36. The van der Waals surface area contributed by atoms with Crippen LogP contribution >= 0.6 is 0 Å². The molecular formula is C11H18N2O3. The minimum Gasteiger partial charge on any atom is -0.469 e. The van der Waals surface area contributed by atoms with E-state index in [2.05, 4.69) is 16.6 Å². The van der Waals surface area contributed by atoms with E-state index in [1.54, 1.807) is 6.08 Å². The van der Waals surface area contributed by atoms with Crippen LogP contribution in [-0.4, -0.2) is 50.1 Å². The molecule has 1 N–H and O–H groups in total. The number of esters is 1. The number of hydrogen-bond acceptors (Lipinski definition) is 4. The fourth-order valence-electron chi connectivity index (χ4n) is 1.78. The van der Waals surface area contributed by atoms with Gasteiger partial charge in [0, 0.05) is 13.1 Å². The third kappa shape index (κ3) is 3.66. The molecule has 0 spiro atoms. The quantitative estimate of drug-likeness (QED) is 0.520. The van der Waals surface area contributed by atoms with Crippen LogP contribution in [0.5, 0.6) is 0 Å². The molecule has 1 rings (SSSR count). The fourth-order valence-corrected chi connectivity index (χ4v) is 1.78. The normalized spacial score (nSPS) is 20.4. The van der Waals surface area contributed by atoms with Crippen LogP contribution in [0.1, 0.15) is 6.42 Å². The Morgan fingerprint density at radius 2 is 2.38 bits per heavy atom. The van der Waals surface area contributed by atoms with Crippen molar-refractivity contribution in [1.82, 2.24) is 10.2 Å². The number of amides is 1. The fraction of sp³-hybridized carbons (Fsp3) is 0.636. The lowest BCUT2D eigenvalue weighted by molar-refractivity contribution is -0.145. The van der Waals surface area contributed by atoms with Gasteiger partial charge in [0.05, 0.1) is 19.6 Å². The SMILES string of the molecule is C=CCNC(=O)CN1CCC(C(=O)OC)C1. The maximum absolute atomic E-state index is 11.4. The Morgan fingerprint density at radius 1 is 1.62 bits per heavy atom. The zero-order chi connectivity index (χ0) is 12.0. The van der Waals surface area contributed by atoms with Gasteiger partial charge in [0.15, 0.2) is 0 Å². The summed E-state index contributed by atoms with van der Waals surface area (Å²) in [5.74, 6) is -0.309. The lowest BCUT2D eigenvalue weighted by atomic mass is 10.1. The molecule has 5 nitrogen and oxygen atoms in total. The highest BCUT2D eigenvalue weighted by atomic mass is 16.5. The molecule has 0 aromatic rings. The van der Waals surface area contributed by atoms with Crippen molar-refractivity contribution in [1.29, 1.82) is 0 Å². The second-order valence-electron chi connectivity index (χ2n) is 3.84. The Bertz CT molecular complexity index is 278. The van der Waals surface area contributed by atoms with E-state index in [9.17, 15) is 9.59 Å². The summed E-state index contributed by atoms with van der Waals surface area (Å²) in [6.07, 6.45) is 2.40. The van der Waals surface area contributed by atoms with Crippen LogP contribution in [0.25, 0.3) is 0 Å². The van der Waals surface area contributed by atoms with E-state index in [-0.39, 0.29) is 17.8 Å². The first-order chi connectivity index (χ1) is 7.67. The Morgan fingerprint density at radius 3 is 3.00 bits per heavy atom. The Kier molecular flexibility index (Phi) is 4.98. The molecule has 1 aliphatic rings. The van der Waals surface area contributed by atoms with Crippen LogP contribution in [0.3, 0.4) is 0 Å². The first-order valence-corrected chi connectivity index (χ1v) is 5.35. The van der Waals surface area contributed by atoms with Crippen molar-refractivity contribution in [2.75, 3.05) is 33.3 Å². The Labute approximate surface area is 95.4 Å². The highest BCUT2D eigenvalue weighted by Crippen LogP contribution is 2.16. The molecule has 1 atom stereocenters. The van der Waals surface area contributed by atoms with Crippen molar-refractivity contribution in [2.24, 2.45) is 5.92 Å². The average molecular weight is 226 g/mol. The van der Waals surface area contributed by atoms with Crippen LogP contribution in [0.15, 0.2) is 12.7 Å². The lowest BCUT2D eigenvalue weighted by Crippen LogP contribution is -2.36. The average Bonchev–Trinajstić information content (AvgIpc) is 2.73. The largest absolute Gasteiger partial charge is 0.469 e. The molecule has 0 saturated carbocycles. The second-order valence-corrected chi connectivity index (χ2v) is 3.84. The molecule has 0 aromatic heterocycles. The van der Waals surface area contributed by atoms with Crippen LogP contribution in [0, 0.1) is 5.92 Å². The minimum atomic E-state index is -0.186. The van der Waals surface area contributed by atoms with E-state index in [1.807, 2.05) is 4.90 Å². The van der Waals surface area contributed by atoms with Gasteiger partial charge in [0.1, 0.15) is 0 Å². The number of methoxy groups -OCH3 is 1. The minimum absolute atomic E-state index is 0.0367. The van der Waals surface area contributed by atoms with E-state index in [1.165, 1.54) is 7.11 Å². The van der Waals surface area contributed by atoms with Crippen molar-refractivity contribution >= 4 is 11.9 Å². The summed E-state index contributed by atoms with van der Waals surface area (Å²) in [5.41, 5.74) is 0. The van der Waals surface area contributed by atoms with Crippen molar-refractivity contribution < 1.29 is 14.3 Å². The molecule has 0 radical (unpaired) electrons. The van der Waals surface area contributed by atoms with Crippen LogP contribution in [-0.2, 0) is 14.3 Å². The lowest BCUT2D eigenvalue weighted by Gasteiger charge is -2.14. The number of carbonyl (C=O) groups excluding carboxylic acids is 2. The number of rotatable bonds is 5. The predicted molar refractivity (Wildman–Crippen MR) is 59.8 cm³/mol. The molecule has 1 unspecified atom stereocenters. The summed E-state index contributed by atoms with van der Waals surface area (Å²) in [4.78, 5) is 24.6. The number of ether oxygens (including phenoxy) is 1. The first kappa shape index (κ1) is 12.7. The van der Waals surface area contributed by atoms with Crippen molar-refractivity contribution in [3.05, 3.63) is 12.7 Å². The molecule has 1 saturated heterocycles. The van der Waals surface area contributed by atoms with E-state index in [4.69, 9.17) is 0 Å². The zero-order valence-electron chi connectivity index (χ0n) is 9.57. The van der Waals surface area contributed by atoms with Gasteiger partial charge in [0.2, 0.25) is 5.91 Å². The van der Waals surface area contributed by atoms with E-state index in [0.29, 0.717) is 19.6 Å². The van der Waals surface area contributed by atoms with Crippen LogP contribution in [0.2, 0.25) is 0 Å². The van der Waals surface area contributed by atoms with Crippen molar-refractivity contribution in [3.63, 3.8) is 0 Å².